The molecular weight excluding hydrogens is 474 g/mol. The summed E-state index contributed by atoms with van der Waals surface area (Å²) in [6, 6.07) is 0.162. The summed E-state index contributed by atoms with van der Waals surface area (Å²) in [6.45, 7) is 1.93. The summed E-state index contributed by atoms with van der Waals surface area (Å²) in [7, 11) is 1.77. The predicted octanol–water partition coefficient (Wildman–Crippen LogP) is 4.71. The summed E-state index contributed by atoms with van der Waals surface area (Å²) >= 11 is 12.8. The third-order valence-electron chi connectivity index (χ3n) is 8.03. The van der Waals surface area contributed by atoms with Gasteiger partial charge in [-0.25, -0.2) is 4.39 Å². The number of rotatable bonds is 5. The van der Waals surface area contributed by atoms with Gasteiger partial charge < -0.3 is 15.4 Å². The van der Waals surface area contributed by atoms with E-state index in [0.717, 1.165) is 58.0 Å². The number of hydrogen-bond donors (Lipinski definition) is 4. The van der Waals surface area contributed by atoms with E-state index in [1.807, 2.05) is 0 Å². The zero-order valence-electron chi connectivity index (χ0n) is 19.9. The van der Waals surface area contributed by atoms with Crippen LogP contribution in [-0.2, 0) is 4.74 Å². The molecule has 1 unspecified atom stereocenters. The zero-order chi connectivity index (χ0) is 23.7. The van der Waals surface area contributed by atoms with Crippen molar-refractivity contribution in [2.75, 3.05) is 20.2 Å². The molecule has 0 aromatic carbocycles. The molecule has 2 heterocycles. The highest BCUT2D eigenvalue weighted by Crippen LogP contribution is 2.41. The number of methoxy groups -OCH3 is 1. The van der Waals surface area contributed by atoms with Gasteiger partial charge in [0.2, 0.25) is 0 Å². The molecular formula is C26H37Cl2FN4O. The molecule has 5 aliphatic rings. The van der Waals surface area contributed by atoms with Crippen molar-refractivity contribution in [2.24, 2.45) is 5.92 Å². The van der Waals surface area contributed by atoms with Crippen molar-refractivity contribution in [1.29, 1.82) is 0 Å². The van der Waals surface area contributed by atoms with E-state index in [1.54, 1.807) is 7.11 Å². The monoisotopic (exact) mass is 510 g/mol. The molecule has 2 aliphatic heterocycles. The van der Waals surface area contributed by atoms with Gasteiger partial charge in [0.05, 0.1) is 17.3 Å². The molecule has 8 heteroatoms. The number of ether oxygens (including phenoxy) is 1. The van der Waals surface area contributed by atoms with Gasteiger partial charge >= 0.3 is 0 Å². The summed E-state index contributed by atoms with van der Waals surface area (Å²) in [5.74, 6) is 0.324. The Morgan fingerprint density at radius 3 is 2.79 bits per heavy atom. The fraction of sp³-hybridized carbons (Fsp3) is 0.692. The normalized spacial score (nSPS) is 37.1. The standard InChI is InChI=1S/C26H37Cl2FN4O/c1-34-20-10-17(9-18(27)12-20)15-4-7-24-21(11-15)26(31-19-5-6-23(29)22(28)13-19)33-25(32-24)16-3-2-8-30-14-16/h3,10,15,18-20,25-26,30-33H,2,4-9,11-14H2,1H3/t15-,18-,19+,20+,25?,26+/m1/s1. The first-order chi connectivity index (χ1) is 16.5. The molecule has 0 saturated heterocycles. The van der Waals surface area contributed by atoms with Crippen molar-refractivity contribution in [2.45, 2.75) is 87.6 Å². The van der Waals surface area contributed by atoms with Crippen LogP contribution in [0, 0.1) is 5.92 Å². The lowest BCUT2D eigenvalue weighted by atomic mass is 9.76. The maximum absolute atomic E-state index is 13.9. The van der Waals surface area contributed by atoms with Crippen molar-refractivity contribution in [3.05, 3.63) is 45.4 Å². The third-order valence-corrected chi connectivity index (χ3v) is 8.72. The van der Waals surface area contributed by atoms with Crippen LogP contribution in [0.4, 0.5) is 4.39 Å². The van der Waals surface area contributed by atoms with Gasteiger partial charge in [0.25, 0.3) is 0 Å². The average molecular weight is 512 g/mol. The second-order valence-corrected chi connectivity index (χ2v) is 11.4. The second kappa shape index (κ2) is 11.0. The molecule has 0 amide bonds. The molecule has 4 N–H and O–H groups in total. The Bertz CT molecular complexity index is 901. The molecule has 0 spiro atoms. The predicted molar refractivity (Wildman–Crippen MR) is 136 cm³/mol. The highest BCUT2D eigenvalue weighted by molar-refractivity contribution is 6.29. The topological polar surface area (TPSA) is 57.4 Å². The van der Waals surface area contributed by atoms with Crippen molar-refractivity contribution in [3.63, 3.8) is 0 Å². The Balaban J connectivity index is 1.37. The maximum atomic E-state index is 13.9. The largest absolute Gasteiger partial charge is 0.377 e. The Kier molecular flexibility index (Phi) is 8.03. The molecule has 0 fully saturated rings. The number of halogens is 3. The van der Waals surface area contributed by atoms with E-state index in [4.69, 9.17) is 27.9 Å². The van der Waals surface area contributed by atoms with E-state index in [0.29, 0.717) is 23.8 Å². The smallest absolute Gasteiger partial charge is 0.114 e. The minimum absolute atomic E-state index is 0.0386. The van der Waals surface area contributed by atoms with Gasteiger partial charge in [-0.1, -0.05) is 29.3 Å². The van der Waals surface area contributed by atoms with Crippen LogP contribution in [0.2, 0.25) is 0 Å². The molecule has 34 heavy (non-hydrogen) atoms. The van der Waals surface area contributed by atoms with Crippen LogP contribution in [0.25, 0.3) is 0 Å². The molecule has 0 saturated carbocycles. The van der Waals surface area contributed by atoms with Gasteiger partial charge in [-0.3, -0.25) is 10.6 Å². The highest BCUT2D eigenvalue weighted by atomic mass is 35.5. The fourth-order valence-electron chi connectivity index (χ4n) is 6.14. The Morgan fingerprint density at radius 1 is 1.15 bits per heavy atom. The summed E-state index contributed by atoms with van der Waals surface area (Å²) in [5.41, 5.74) is 5.56. The van der Waals surface area contributed by atoms with Crippen LogP contribution in [0.3, 0.4) is 0 Å². The van der Waals surface area contributed by atoms with Gasteiger partial charge in [-0.05, 0) is 68.6 Å². The first-order valence-electron chi connectivity index (χ1n) is 12.8. The van der Waals surface area contributed by atoms with Gasteiger partial charge in [0.15, 0.2) is 0 Å². The third kappa shape index (κ3) is 5.58. The number of alkyl halides is 1. The Morgan fingerprint density at radius 2 is 2.03 bits per heavy atom. The average Bonchev–Trinajstić information content (AvgIpc) is 2.86. The number of allylic oxidation sites excluding steroid dienone is 3. The second-order valence-electron chi connectivity index (χ2n) is 10.3. The fourth-order valence-corrected chi connectivity index (χ4v) is 6.77. The molecule has 5 nitrogen and oxygen atoms in total. The van der Waals surface area contributed by atoms with Crippen LogP contribution in [0.1, 0.15) is 57.8 Å². The molecule has 0 aromatic heterocycles. The van der Waals surface area contributed by atoms with Gasteiger partial charge in [-0.2, -0.15) is 0 Å². The Hall–Kier alpha value is -0.890. The van der Waals surface area contributed by atoms with Crippen molar-refractivity contribution in [1.82, 2.24) is 21.3 Å². The van der Waals surface area contributed by atoms with E-state index in [2.05, 4.69) is 33.4 Å². The van der Waals surface area contributed by atoms with Crippen LogP contribution in [-0.4, -0.2) is 50.1 Å². The first kappa shape index (κ1) is 24.8. The summed E-state index contributed by atoms with van der Waals surface area (Å²) in [5, 5.41) is 15.5. The van der Waals surface area contributed by atoms with Gasteiger partial charge in [0.1, 0.15) is 12.0 Å². The summed E-state index contributed by atoms with van der Waals surface area (Å²) in [6.07, 6.45) is 12.7. The van der Waals surface area contributed by atoms with E-state index in [-0.39, 0.29) is 35.7 Å². The van der Waals surface area contributed by atoms with Crippen LogP contribution >= 0.6 is 23.2 Å². The summed E-state index contributed by atoms with van der Waals surface area (Å²) in [4.78, 5) is 0. The minimum Gasteiger partial charge on any atom is -0.377 e. The lowest BCUT2D eigenvalue weighted by Gasteiger charge is -2.44. The molecule has 188 valence electrons. The zero-order valence-corrected chi connectivity index (χ0v) is 21.5. The lowest BCUT2D eigenvalue weighted by Crippen LogP contribution is -2.62. The van der Waals surface area contributed by atoms with Crippen LogP contribution < -0.4 is 21.3 Å². The van der Waals surface area contributed by atoms with Crippen molar-refractivity contribution >= 4 is 23.2 Å². The molecule has 0 bridgehead atoms. The maximum Gasteiger partial charge on any atom is 0.114 e. The van der Waals surface area contributed by atoms with E-state index >= 15 is 0 Å². The van der Waals surface area contributed by atoms with E-state index < -0.39 is 0 Å². The molecule has 5 rings (SSSR count). The quantitative estimate of drug-likeness (QED) is 0.318. The SMILES string of the molecule is CO[C@H]1C=C([C@@H]2CCC3=C(C2)[C@@H](N[C@H]2CCC(F)=C(Cl)C2)NC(C2=CCCNC2)N3)C[C@@H](Cl)C1. The number of hydrogen-bond acceptors (Lipinski definition) is 5. The van der Waals surface area contributed by atoms with Gasteiger partial charge in [-0.15, -0.1) is 11.6 Å². The first-order valence-corrected chi connectivity index (χ1v) is 13.6. The van der Waals surface area contributed by atoms with Crippen LogP contribution in [0.5, 0.6) is 0 Å². The molecule has 0 radical (unpaired) electrons. The van der Waals surface area contributed by atoms with Crippen LogP contribution in [0.15, 0.2) is 45.4 Å². The number of nitrogens with one attached hydrogen (secondary N) is 4. The summed E-state index contributed by atoms with van der Waals surface area (Å²) < 4.78 is 19.5. The minimum atomic E-state index is -0.153. The molecule has 6 atom stereocenters. The highest BCUT2D eigenvalue weighted by Gasteiger charge is 2.37. The molecule has 0 aromatic rings. The van der Waals surface area contributed by atoms with E-state index in [9.17, 15) is 4.39 Å². The molecule has 3 aliphatic carbocycles. The van der Waals surface area contributed by atoms with Crippen molar-refractivity contribution in [3.8, 4) is 0 Å². The lowest BCUT2D eigenvalue weighted by molar-refractivity contribution is 0.126. The van der Waals surface area contributed by atoms with Gasteiger partial charge in [0, 0.05) is 43.6 Å². The Labute approximate surface area is 212 Å². The van der Waals surface area contributed by atoms with E-state index in [1.165, 1.54) is 22.4 Å². The van der Waals surface area contributed by atoms with Crippen molar-refractivity contribution < 1.29 is 9.13 Å².